The first-order valence-corrected chi connectivity index (χ1v) is 9.43. The summed E-state index contributed by atoms with van der Waals surface area (Å²) in [6.45, 7) is 2.07. The average Bonchev–Trinajstić information content (AvgIpc) is 3.09. The zero-order valence-corrected chi connectivity index (χ0v) is 15.3. The van der Waals surface area contributed by atoms with E-state index in [0.29, 0.717) is 5.69 Å². The molecule has 1 heterocycles. The normalized spacial score (nSPS) is 13.3. The number of halogens is 1. The number of carbonyl (C=O) groups is 1. The van der Waals surface area contributed by atoms with Crippen LogP contribution in [0.4, 0.5) is 10.1 Å². The van der Waals surface area contributed by atoms with Crippen LogP contribution in [0.15, 0.2) is 48.5 Å². The third-order valence-electron chi connectivity index (χ3n) is 5.11. The van der Waals surface area contributed by atoms with Crippen LogP contribution in [0.3, 0.4) is 0 Å². The summed E-state index contributed by atoms with van der Waals surface area (Å²) in [5.74, 6) is -0.469. The van der Waals surface area contributed by atoms with Crippen LogP contribution in [-0.4, -0.2) is 15.7 Å². The minimum atomic E-state index is -0.283. The molecule has 0 fully saturated rings. The molecule has 3 aromatic rings. The van der Waals surface area contributed by atoms with E-state index in [9.17, 15) is 9.18 Å². The summed E-state index contributed by atoms with van der Waals surface area (Å²) in [7, 11) is 0. The zero-order chi connectivity index (χ0) is 18.8. The standard InChI is InChI=1S/C22H22FN3O/c1-2-15-7-3-5-9-19(15)24-22(27)21-18-8-4-6-10-20(18)26(25-21)17-13-11-16(23)12-14-17/h3,5,7,9,11-14H,2,4,6,8,10H2,1H3,(H,24,27). The number of para-hydroxylation sites is 1. The van der Waals surface area contributed by atoms with Crippen LogP contribution in [0.1, 0.15) is 47.1 Å². The molecule has 27 heavy (non-hydrogen) atoms. The number of benzene rings is 2. The molecule has 0 aliphatic heterocycles. The number of rotatable bonds is 4. The second-order valence-corrected chi connectivity index (χ2v) is 6.83. The molecule has 5 heteroatoms. The van der Waals surface area contributed by atoms with Crippen LogP contribution in [0.5, 0.6) is 0 Å². The van der Waals surface area contributed by atoms with Gasteiger partial charge < -0.3 is 5.32 Å². The summed E-state index contributed by atoms with van der Waals surface area (Å²) >= 11 is 0. The summed E-state index contributed by atoms with van der Waals surface area (Å²) in [5, 5.41) is 7.65. The Labute approximate surface area is 158 Å². The van der Waals surface area contributed by atoms with Gasteiger partial charge in [-0.1, -0.05) is 25.1 Å². The molecule has 2 aromatic carbocycles. The predicted molar refractivity (Wildman–Crippen MR) is 104 cm³/mol. The van der Waals surface area contributed by atoms with E-state index in [4.69, 9.17) is 0 Å². The number of carbonyl (C=O) groups excluding carboxylic acids is 1. The minimum Gasteiger partial charge on any atom is -0.320 e. The van der Waals surface area contributed by atoms with Crippen LogP contribution in [0.25, 0.3) is 5.69 Å². The third-order valence-corrected chi connectivity index (χ3v) is 5.11. The number of hydrogen-bond donors (Lipinski definition) is 1. The fraction of sp³-hybridized carbons (Fsp3) is 0.273. The first kappa shape index (κ1) is 17.5. The Balaban J connectivity index is 1.72. The number of hydrogen-bond acceptors (Lipinski definition) is 2. The molecule has 0 radical (unpaired) electrons. The number of amides is 1. The molecule has 138 valence electrons. The SMILES string of the molecule is CCc1ccccc1NC(=O)c1nn(-c2ccc(F)cc2)c2c1CCCC2. The quantitative estimate of drug-likeness (QED) is 0.730. The Kier molecular flexibility index (Phi) is 4.75. The van der Waals surface area contributed by atoms with Gasteiger partial charge in [-0.15, -0.1) is 0 Å². The van der Waals surface area contributed by atoms with Gasteiger partial charge in [0.25, 0.3) is 5.91 Å². The van der Waals surface area contributed by atoms with Crippen LogP contribution in [0, 0.1) is 5.82 Å². The molecule has 1 aliphatic carbocycles. The number of fused-ring (bicyclic) bond motifs is 1. The molecule has 4 nitrogen and oxygen atoms in total. The Morgan fingerprint density at radius 1 is 1.11 bits per heavy atom. The van der Waals surface area contributed by atoms with Gasteiger partial charge >= 0.3 is 0 Å². The van der Waals surface area contributed by atoms with Crippen molar-refractivity contribution < 1.29 is 9.18 Å². The van der Waals surface area contributed by atoms with Crippen molar-refractivity contribution in [1.29, 1.82) is 0 Å². The van der Waals surface area contributed by atoms with Gasteiger partial charge in [0.05, 0.1) is 5.69 Å². The molecule has 4 rings (SSSR count). The van der Waals surface area contributed by atoms with Crippen LogP contribution in [-0.2, 0) is 19.3 Å². The lowest BCUT2D eigenvalue weighted by molar-refractivity contribution is 0.102. The third kappa shape index (κ3) is 3.37. The molecule has 1 amide bonds. The van der Waals surface area contributed by atoms with E-state index in [1.807, 2.05) is 24.3 Å². The molecule has 0 unspecified atom stereocenters. The molecule has 0 saturated carbocycles. The van der Waals surface area contributed by atoms with Gasteiger partial charge in [0, 0.05) is 16.9 Å². The lowest BCUT2D eigenvalue weighted by Crippen LogP contribution is -2.16. The van der Waals surface area contributed by atoms with Gasteiger partial charge in [-0.25, -0.2) is 9.07 Å². The number of nitrogens with zero attached hydrogens (tertiary/aromatic N) is 2. The van der Waals surface area contributed by atoms with Crippen molar-refractivity contribution in [3.8, 4) is 5.69 Å². The van der Waals surface area contributed by atoms with Gasteiger partial charge in [0.15, 0.2) is 5.69 Å². The van der Waals surface area contributed by atoms with E-state index < -0.39 is 0 Å². The van der Waals surface area contributed by atoms with E-state index in [-0.39, 0.29) is 11.7 Å². The van der Waals surface area contributed by atoms with Crippen molar-refractivity contribution in [2.45, 2.75) is 39.0 Å². The number of aryl methyl sites for hydroxylation is 1. The smallest absolute Gasteiger partial charge is 0.276 e. The summed E-state index contributed by atoms with van der Waals surface area (Å²) in [6.07, 6.45) is 4.68. The van der Waals surface area contributed by atoms with Crippen molar-refractivity contribution >= 4 is 11.6 Å². The van der Waals surface area contributed by atoms with Crippen molar-refractivity contribution in [2.75, 3.05) is 5.32 Å². The van der Waals surface area contributed by atoms with Gasteiger partial charge in [-0.05, 0) is 68.0 Å². The lowest BCUT2D eigenvalue weighted by atomic mass is 9.95. The fourth-order valence-electron chi connectivity index (χ4n) is 3.71. The van der Waals surface area contributed by atoms with Crippen molar-refractivity contribution in [3.05, 3.63) is 76.9 Å². The molecule has 1 N–H and O–H groups in total. The highest BCUT2D eigenvalue weighted by Gasteiger charge is 2.26. The van der Waals surface area contributed by atoms with Gasteiger partial charge in [0.1, 0.15) is 5.82 Å². The number of aromatic nitrogens is 2. The summed E-state index contributed by atoms with van der Waals surface area (Å²) in [5.41, 5.74) is 5.24. The largest absolute Gasteiger partial charge is 0.320 e. The molecular weight excluding hydrogens is 341 g/mol. The predicted octanol–water partition coefficient (Wildman–Crippen LogP) is 4.70. The van der Waals surface area contributed by atoms with E-state index in [1.165, 1.54) is 12.1 Å². The molecule has 0 bridgehead atoms. The first-order chi connectivity index (χ1) is 13.2. The molecular formula is C22H22FN3O. The highest BCUT2D eigenvalue weighted by atomic mass is 19.1. The van der Waals surface area contributed by atoms with Gasteiger partial charge in [-0.2, -0.15) is 5.10 Å². The highest BCUT2D eigenvalue weighted by molar-refractivity contribution is 6.04. The Morgan fingerprint density at radius 2 is 1.85 bits per heavy atom. The molecule has 1 aliphatic rings. The second kappa shape index (κ2) is 7.35. The Bertz CT molecular complexity index is 976. The minimum absolute atomic E-state index is 0.185. The lowest BCUT2D eigenvalue weighted by Gasteiger charge is -2.14. The monoisotopic (exact) mass is 363 g/mol. The van der Waals surface area contributed by atoms with E-state index in [0.717, 1.165) is 60.3 Å². The van der Waals surface area contributed by atoms with Gasteiger partial charge in [0.2, 0.25) is 0 Å². The van der Waals surface area contributed by atoms with Crippen LogP contribution in [0.2, 0.25) is 0 Å². The molecule has 1 aromatic heterocycles. The summed E-state index contributed by atoms with van der Waals surface area (Å²) in [4.78, 5) is 13.0. The average molecular weight is 363 g/mol. The second-order valence-electron chi connectivity index (χ2n) is 6.83. The van der Waals surface area contributed by atoms with Crippen molar-refractivity contribution in [1.82, 2.24) is 9.78 Å². The van der Waals surface area contributed by atoms with Gasteiger partial charge in [-0.3, -0.25) is 4.79 Å². The molecule has 0 spiro atoms. The first-order valence-electron chi connectivity index (χ1n) is 9.43. The Morgan fingerprint density at radius 3 is 2.63 bits per heavy atom. The highest BCUT2D eigenvalue weighted by Crippen LogP contribution is 2.28. The van der Waals surface area contributed by atoms with E-state index in [1.54, 1.807) is 16.8 Å². The van der Waals surface area contributed by atoms with Crippen LogP contribution >= 0.6 is 0 Å². The van der Waals surface area contributed by atoms with Crippen molar-refractivity contribution in [3.63, 3.8) is 0 Å². The maximum absolute atomic E-state index is 13.3. The fourth-order valence-corrected chi connectivity index (χ4v) is 3.71. The summed E-state index contributed by atoms with van der Waals surface area (Å²) in [6, 6.07) is 14.1. The van der Waals surface area contributed by atoms with Crippen molar-refractivity contribution in [2.24, 2.45) is 0 Å². The number of nitrogens with one attached hydrogen (secondary N) is 1. The van der Waals surface area contributed by atoms with E-state index >= 15 is 0 Å². The van der Waals surface area contributed by atoms with Crippen LogP contribution < -0.4 is 5.32 Å². The van der Waals surface area contributed by atoms with E-state index in [2.05, 4.69) is 17.3 Å². The Hall–Kier alpha value is -2.95. The topological polar surface area (TPSA) is 46.9 Å². The molecule has 0 atom stereocenters. The summed E-state index contributed by atoms with van der Waals surface area (Å²) < 4.78 is 15.1. The maximum atomic E-state index is 13.3. The zero-order valence-electron chi connectivity index (χ0n) is 15.3. The number of anilines is 1. The molecule has 0 saturated heterocycles. The maximum Gasteiger partial charge on any atom is 0.276 e.